The van der Waals surface area contributed by atoms with Gasteiger partial charge in [-0.2, -0.15) is 0 Å². The molecule has 0 radical (unpaired) electrons. The number of hydrogen-bond acceptors (Lipinski definition) is 17. The van der Waals surface area contributed by atoms with Gasteiger partial charge < -0.3 is 43.6 Å². The second-order valence-electron chi connectivity index (χ2n) is 28.7. The molecule has 10 unspecified atom stereocenters. The Morgan fingerprint density at radius 2 is 1.25 bits per heavy atom. The molecule has 0 aromatic carbocycles. The largest absolute Gasteiger partial charge is 0.463 e. The summed E-state index contributed by atoms with van der Waals surface area (Å²) in [5, 5.41) is 16.3. The van der Waals surface area contributed by atoms with Crippen LogP contribution in [0.25, 0.3) is 0 Å². The van der Waals surface area contributed by atoms with Crippen LogP contribution in [-0.2, 0) is 66.8 Å². The number of fused-ring (bicyclic) bond motifs is 1. The normalized spacial score (nSPS) is 38.5. The Hall–Kier alpha value is -4.32. The van der Waals surface area contributed by atoms with Crippen LogP contribution in [-0.4, -0.2) is 114 Å². The van der Waals surface area contributed by atoms with Crippen LogP contribution in [0, 0.1) is 80.3 Å². The van der Waals surface area contributed by atoms with Gasteiger partial charge in [0, 0.05) is 18.3 Å². The number of ether oxygens (including phenoxy) is 7. The van der Waals surface area contributed by atoms with E-state index < -0.39 is 104 Å². The summed E-state index contributed by atoms with van der Waals surface area (Å²) in [4.78, 5) is 113. The lowest BCUT2D eigenvalue weighted by Crippen LogP contribution is -2.73. The van der Waals surface area contributed by atoms with Gasteiger partial charge in [0.1, 0.15) is 35.6 Å². The third kappa shape index (κ3) is 9.22. The molecule has 11 aliphatic carbocycles. The maximum atomic E-state index is 16.7. The molecule has 1 heterocycles. The summed E-state index contributed by atoms with van der Waals surface area (Å²) in [6.45, 7) is 17.0. The monoisotopic (exact) mass is 1110 g/mol. The summed E-state index contributed by atoms with van der Waals surface area (Å²) in [5.74, 6) is -4.70. The second-order valence-corrected chi connectivity index (χ2v) is 28.7. The molecule has 10 bridgehead atoms. The van der Waals surface area contributed by atoms with E-state index in [-0.39, 0.29) is 67.2 Å². The van der Waals surface area contributed by atoms with E-state index in [2.05, 4.69) is 10.5 Å². The van der Waals surface area contributed by atoms with Gasteiger partial charge in [0.25, 0.3) is 0 Å². The highest BCUT2D eigenvalue weighted by Crippen LogP contribution is 2.70. The Bertz CT molecular complexity index is 2450. The number of nitrogens with zero attached hydrogens (tertiary/aromatic N) is 1. The number of oxime groups is 1. The van der Waals surface area contributed by atoms with E-state index in [1.807, 2.05) is 20.8 Å². The SMILES string of the molecule is CC/C(C)=N\OC(=O)NCCOC(=O)C(C)(C(C)(C(=O)OC1C2CC3C(=O)OC1C3C2)C(C)(C)C(=O)OC12CC3CC(CC(OCCO)(C3)C1)C2)C(C)(C(=O)OC1(C)C2CC3CC(C2)CC1C3)C(C)(C)C(=O)OC1(C)CCCC1. The van der Waals surface area contributed by atoms with Crippen molar-refractivity contribution in [1.29, 1.82) is 0 Å². The molecule has 11 saturated carbocycles. The van der Waals surface area contributed by atoms with Crippen molar-refractivity contribution < 1.29 is 76.7 Å². The first kappa shape index (κ1) is 57.9. The van der Waals surface area contributed by atoms with E-state index in [0.717, 1.165) is 64.2 Å². The smallest absolute Gasteiger partial charge is 0.433 e. The molecule has 0 spiro atoms. The van der Waals surface area contributed by atoms with Crippen LogP contribution in [0.5, 0.6) is 0 Å². The van der Waals surface area contributed by atoms with E-state index in [1.165, 1.54) is 34.6 Å². The van der Waals surface area contributed by atoms with E-state index in [4.69, 9.17) is 38.0 Å². The molecule has 440 valence electrons. The van der Waals surface area contributed by atoms with Crippen LogP contribution in [0.15, 0.2) is 5.16 Å². The minimum atomic E-state index is -2.62. The first-order chi connectivity index (χ1) is 37.0. The lowest BCUT2D eigenvalue weighted by molar-refractivity contribution is -0.259. The highest BCUT2D eigenvalue weighted by atomic mass is 16.7. The number of carbonyl (C=O) groups is 7. The minimum Gasteiger partial charge on any atom is -0.463 e. The molecular weight excluding hydrogens is 1020 g/mol. The molecule has 1 aliphatic heterocycles. The zero-order chi connectivity index (χ0) is 57.1. The van der Waals surface area contributed by atoms with Crippen LogP contribution in [0.3, 0.4) is 0 Å². The molecular formula is C61H90N2O16. The van der Waals surface area contributed by atoms with Crippen LogP contribution < -0.4 is 5.32 Å². The zero-order valence-electron chi connectivity index (χ0n) is 48.9. The van der Waals surface area contributed by atoms with Gasteiger partial charge in [0.2, 0.25) is 0 Å². The number of amides is 1. The number of aliphatic hydroxyl groups is 1. The molecule has 1 amide bonds. The predicted octanol–water partition coefficient (Wildman–Crippen LogP) is 8.88. The summed E-state index contributed by atoms with van der Waals surface area (Å²) in [6.07, 6.45) is 10.0. The molecule has 0 aromatic rings. The lowest BCUT2D eigenvalue weighted by atomic mass is 9.40. The Labute approximate surface area is 466 Å². The molecule has 2 N–H and O–H groups in total. The Kier molecular flexibility index (Phi) is 14.8. The van der Waals surface area contributed by atoms with Crippen LogP contribution >= 0.6 is 0 Å². The summed E-state index contributed by atoms with van der Waals surface area (Å²) in [7, 11) is 0. The fraction of sp³-hybridized carbons (Fsp3) is 0.869. The number of hydrogen-bond donors (Lipinski definition) is 2. The van der Waals surface area contributed by atoms with E-state index in [9.17, 15) is 14.7 Å². The molecule has 12 fully saturated rings. The van der Waals surface area contributed by atoms with Crippen molar-refractivity contribution in [1.82, 2.24) is 5.32 Å². The molecule has 1 saturated heterocycles. The summed E-state index contributed by atoms with van der Waals surface area (Å²) < 4.78 is 46.1. The highest BCUT2D eigenvalue weighted by Gasteiger charge is 2.80. The molecule has 10 atom stereocenters. The number of carbonyl (C=O) groups excluding carboxylic acids is 7. The highest BCUT2D eigenvalue weighted by molar-refractivity contribution is 6.01. The van der Waals surface area contributed by atoms with E-state index >= 15 is 24.0 Å². The van der Waals surface area contributed by atoms with Crippen LogP contribution in [0.1, 0.15) is 192 Å². The van der Waals surface area contributed by atoms with Crippen LogP contribution in [0.2, 0.25) is 0 Å². The Morgan fingerprint density at radius 1 is 0.684 bits per heavy atom. The quantitative estimate of drug-likeness (QED) is 0.0272. The van der Waals surface area contributed by atoms with Gasteiger partial charge in [-0.05, 0) is 214 Å². The van der Waals surface area contributed by atoms with Gasteiger partial charge >= 0.3 is 41.9 Å². The van der Waals surface area contributed by atoms with Gasteiger partial charge in [-0.15, -0.1) is 0 Å². The number of rotatable bonds is 21. The van der Waals surface area contributed by atoms with Crippen molar-refractivity contribution in [2.45, 2.75) is 226 Å². The van der Waals surface area contributed by atoms with Crippen molar-refractivity contribution in [3.8, 4) is 0 Å². The topological polar surface area (TPSA) is 238 Å². The van der Waals surface area contributed by atoms with Crippen molar-refractivity contribution >= 4 is 47.6 Å². The van der Waals surface area contributed by atoms with Crippen molar-refractivity contribution in [2.75, 3.05) is 26.4 Å². The molecule has 18 nitrogen and oxygen atoms in total. The molecule has 18 heteroatoms. The van der Waals surface area contributed by atoms with E-state index in [1.54, 1.807) is 20.8 Å². The molecule has 12 rings (SSSR count). The number of esters is 6. The zero-order valence-corrected chi connectivity index (χ0v) is 48.9. The summed E-state index contributed by atoms with van der Waals surface area (Å²) in [6, 6.07) is 0. The Balaban J connectivity index is 1.12. The first-order valence-corrected chi connectivity index (χ1v) is 30.1. The lowest BCUT2D eigenvalue weighted by Gasteiger charge is -2.63. The van der Waals surface area contributed by atoms with Gasteiger partial charge in [-0.3, -0.25) is 33.6 Å². The fourth-order valence-corrected chi connectivity index (χ4v) is 18.6. The summed E-state index contributed by atoms with van der Waals surface area (Å²) in [5.41, 5.74) is -14.8. The standard InChI is InChI=1S/C61H90N2O16/c1-12-34(2)63-79-52(71)62-17-19-72-49(68)59(11,58(10,53(3,4)47(66)76-55(7)15-13-14-16-55)51(70)77-56(8)40-23-35-21-36(25-40)26-41(56)24-35)57(9,50(69)75-44-39-27-42-43(28-39)46(65)74-45(42)44)54(5,6)48(67)78-61-31-37-22-38(32-61)30-60(29-37,33-61)73-20-18-64/h35-45,64H,12-33H2,1-11H3,(H,62,71)/b63-34-. The maximum absolute atomic E-state index is 16.7. The minimum absolute atomic E-state index is 0.0117. The van der Waals surface area contributed by atoms with Crippen molar-refractivity contribution in [3.05, 3.63) is 0 Å². The van der Waals surface area contributed by atoms with Gasteiger partial charge in [-0.1, -0.05) is 12.1 Å². The summed E-state index contributed by atoms with van der Waals surface area (Å²) >= 11 is 0. The van der Waals surface area contributed by atoms with Gasteiger partial charge in [-0.25, -0.2) is 4.79 Å². The third-order valence-electron chi connectivity index (χ3n) is 23.6. The first-order valence-electron chi connectivity index (χ1n) is 30.1. The number of nitrogens with one attached hydrogen (secondary N) is 1. The van der Waals surface area contributed by atoms with Crippen LogP contribution in [0.4, 0.5) is 4.79 Å². The molecule has 79 heavy (non-hydrogen) atoms. The number of aliphatic hydroxyl groups excluding tert-OH is 1. The second kappa shape index (κ2) is 20.2. The average molecular weight is 1110 g/mol. The third-order valence-corrected chi connectivity index (χ3v) is 23.6. The van der Waals surface area contributed by atoms with Crippen molar-refractivity contribution in [2.24, 2.45) is 85.5 Å². The van der Waals surface area contributed by atoms with Gasteiger partial charge in [0.05, 0.1) is 64.1 Å². The predicted molar refractivity (Wildman–Crippen MR) is 284 cm³/mol. The maximum Gasteiger partial charge on any atom is 0.433 e. The van der Waals surface area contributed by atoms with Gasteiger partial charge in [0.15, 0.2) is 0 Å². The average Bonchev–Trinajstić information content (AvgIpc) is 4.20. The van der Waals surface area contributed by atoms with E-state index in [0.29, 0.717) is 68.9 Å². The molecule has 12 aliphatic rings. The Morgan fingerprint density at radius 3 is 1.85 bits per heavy atom. The van der Waals surface area contributed by atoms with Crippen molar-refractivity contribution in [3.63, 3.8) is 0 Å². The fourth-order valence-electron chi connectivity index (χ4n) is 18.6. The molecule has 0 aromatic heterocycles.